The highest BCUT2D eigenvalue weighted by molar-refractivity contribution is 5.98. The van der Waals surface area contributed by atoms with E-state index in [-0.39, 0.29) is 0 Å². The molecule has 0 fully saturated rings. The van der Waals surface area contributed by atoms with Crippen LogP contribution in [0, 0.1) is 0 Å². The van der Waals surface area contributed by atoms with E-state index >= 15 is 0 Å². The lowest BCUT2D eigenvalue weighted by Gasteiger charge is -2.13. The average Bonchev–Trinajstić information content (AvgIpc) is 2.72. The normalized spacial score (nSPS) is 11.1. The fourth-order valence-corrected chi connectivity index (χ4v) is 2.27. The van der Waals surface area contributed by atoms with Crippen molar-refractivity contribution in [1.29, 1.82) is 0 Å². The number of benzene rings is 2. The summed E-state index contributed by atoms with van der Waals surface area (Å²) in [6.07, 6.45) is -1.17. The second-order valence-corrected chi connectivity index (χ2v) is 5.83. The molecule has 1 atom stereocenters. The highest BCUT2D eigenvalue weighted by atomic mass is 16.5. The third-order valence-corrected chi connectivity index (χ3v) is 3.79. The number of urea groups is 1. The summed E-state index contributed by atoms with van der Waals surface area (Å²) in [6, 6.07) is 15.9. The summed E-state index contributed by atoms with van der Waals surface area (Å²) in [7, 11) is 1.35. The van der Waals surface area contributed by atoms with Crippen molar-refractivity contribution in [3.05, 3.63) is 60.2 Å². The second kappa shape index (κ2) is 9.86. The number of carbonyl (C=O) groups is 4. The SMILES string of the molecule is CNC(=O)NC(=O)[C@@H](C)OC(=O)CNC(=O)c1ccc(-c2ccccc2)cc1. The summed E-state index contributed by atoms with van der Waals surface area (Å²) in [5.74, 6) is -2.01. The number of imide groups is 1. The number of amides is 4. The maximum absolute atomic E-state index is 12.1. The first-order valence-corrected chi connectivity index (χ1v) is 8.56. The van der Waals surface area contributed by atoms with E-state index in [9.17, 15) is 19.2 Å². The summed E-state index contributed by atoms with van der Waals surface area (Å²) in [5, 5.41) is 6.63. The van der Waals surface area contributed by atoms with Gasteiger partial charge in [0.1, 0.15) is 6.54 Å². The molecule has 8 nitrogen and oxygen atoms in total. The Kier molecular flexibility index (Phi) is 7.27. The summed E-state index contributed by atoms with van der Waals surface area (Å²) in [4.78, 5) is 46.6. The van der Waals surface area contributed by atoms with Crippen LogP contribution in [0.2, 0.25) is 0 Å². The average molecular weight is 383 g/mol. The van der Waals surface area contributed by atoms with Crippen LogP contribution in [-0.2, 0) is 14.3 Å². The molecule has 0 spiro atoms. The lowest BCUT2D eigenvalue weighted by Crippen LogP contribution is -2.44. The molecule has 0 saturated heterocycles. The van der Waals surface area contributed by atoms with Crippen molar-refractivity contribution < 1.29 is 23.9 Å². The minimum Gasteiger partial charge on any atom is -0.451 e. The molecule has 0 radical (unpaired) electrons. The minimum atomic E-state index is -1.17. The van der Waals surface area contributed by atoms with Gasteiger partial charge in [0.05, 0.1) is 0 Å². The number of esters is 1. The van der Waals surface area contributed by atoms with Gasteiger partial charge < -0.3 is 15.4 Å². The first kappa shape index (κ1) is 20.6. The molecule has 2 rings (SSSR count). The lowest BCUT2D eigenvalue weighted by molar-refractivity contribution is -0.153. The Hall–Kier alpha value is -3.68. The monoisotopic (exact) mass is 383 g/mol. The third-order valence-electron chi connectivity index (χ3n) is 3.79. The Morgan fingerprint density at radius 1 is 0.929 bits per heavy atom. The van der Waals surface area contributed by atoms with Crippen LogP contribution in [0.4, 0.5) is 4.79 Å². The number of carbonyl (C=O) groups excluding carboxylic acids is 4. The van der Waals surface area contributed by atoms with Gasteiger partial charge in [0, 0.05) is 12.6 Å². The van der Waals surface area contributed by atoms with Crippen LogP contribution in [0.5, 0.6) is 0 Å². The van der Waals surface area contributed by atoms with Gasteiger partial charge in [-0.2, -0.15) is 0 Å². The maximum Gasteiger partial charge on any atom is 0.326 e. The summed E-state index contributed by atoms with van der Waals surface area (Å²) in [6.45, 7) is 0.914. The highest BCUT2D eigenvalue weighted by Crippen LogP contribution is 2.19. The fourth-order valence-electron chi connectivity index (χ4n) is 2.27. The van der Waals surface area contributed by atoms with Gasteiger partial charge in [0.2, 0.25) is 0 Å². The maximum atomic E-state index is 12.1. The van der Waals surface area contributed by atoms with Crippen molar-refractivity contribution in [1.82, 2.24) is 16.0 Å². The lowest BCUT2D eigenvalue weighted by atomic mass is 10.0. The Balaban J connectivity index is 1.83. The van der Waals surface area contributed by atoms with E-state index in [4.69, 9.17) is 4.74 Å². The molecule has 0 unspecified atom stereocenters. The third kappa shape index (κ3) is 5.94. The molecule has 3 N–H and O–H groups in total. The zero-order chi connectivity index (χ0) is 20.5. The first-order valence-electron chi connectivity index (χ1n) is 8.56. The smallest absolute Gasteiger partial charge is 0.326 e. The molecular weight excluding hydrogens is 362 g/mol. The number of ether oxygens (including phenoxy) is 1. The van der Waals surface area contributed by atoms with Crippen molar-refractivity contribution in [2.24, 2.45) is 0 Å². The van der Waals surface area contributed by atoms with Gasteiger partial charge in [0.15, 0.2) is 6.10 Å². The van der Waals surface area contributed by atoms with Gasteiger partial charge >= 0.3 is 12.0 Å². The van der Waals surface area contributed by atoms with Gasteiger partial charge in [-0.1, -0.05) is 42.5 Å². The largest absolute Gasteiger partial charge is 0.451 e. The fraction of sp³-hybridized carbons (Fsp3) is 0.200. The molecule has 0 aliphatic carbocycles. The number of nitrogens with one attached hydrogen (secondary N) is 3. The minimum absolute atomic E-state index is 0.387. The van der Waals surface area contributed by atoms with Crippen LogP contribution in [0.15, 0.2) is 54.6 Å². The van der Waals surface area contributed by atoms with E-state index in [2.05, 4.69) is 10.6 Å². The van der Waals surface area contributed by atoms with Crippen LogP contribution >= 0.6 is 0 Å². The Labute approximate surface area is 162 Å². The van der Waals surface area contributed by atoms with E-state index in [0.717, 1.165) is 11.1 Å². The Morgan fingerprint density at radius 2 is 1.54 bits per heavy atom. The van der Waals surface area contributed by atoms with Gasteiger partial charge in [-0.3, -0.25) is 19.7 Å². The quantitative estimate of drug-likeness (QED) is 0.654. The molecule has 28 heavy (non-hydrogen) atoms. The molecule has 0 heterocycles. The van der Waals surface area contributed by atoms with Crippen LogP contribution in [0.1, 0.15) is 17.3 Å². The van der Waals surface area contributed by atoms with Crippen molar-refractivity contribution in [2.75, 3.05) is 13.6 Å². The van der Waals surface area contributed by atoms with Crippen LogP contribution < -0.4 is 16.0 Å². The van der Waals surface area contributed by atoms with Crippen LogP contribution in [-0.4, -0.2) is 43.5 Å². The van der Waals surface area contributed by atoms with E-state index in [1.165, 1.54) is 14.0 Å². The molecule has 2 aromatic carbocycles. The molecule has 0 saturated carbocycles. The predicted octanol–water partition coefficient (Wildman–Crippen LogP) is 1.47. The van der Waals surface area contributed by atoms with Crippen molar-refractivity contribution in [3.63, 3.8) is 0 Å². The molecule has 8 heteroatoms. The first-order chi connectivity index (χ1) is 13.4. The Bertz CT molecular complexity index is 850. The summed E-state index contributed by atoms with van der Waals surface area (Å²) in [5.41, 5.74) is 2.38. The van der Waals surface area contributed by atoms with E-state index in [1.807, 2.05) is 47.8 Å². The summed E-state index contributed by atoms with van der Waals surface area (Å²) < 4.78 is 4.88. The van der Waals surface area contributed by atoms with Gasteiger partial charge in [-0.25, -0.2) is 4.79 Å². The molecular formula is C20H21N3O5. The zero-order valence-electron chi connectivity index (χ0n) is 15.5. The van der Waals surface area contributed by atoms with E-state index in [1.54, 1.807) is 12.1 Å². The topological polar surface area (TPSA) is 114 Å². The van der Waals surface area contributed by atoms with Crippen molar-refractivity contribution in [3.8, 4) is 11.1 Å². The molecule has 0 aliphatic rings. The van der Waals surface area contributed by atoms with Crippen molar-refractivity contribution in [2.45, 2.75) is 13.0 Å². The molecule has 146 valence electrons. The van der Waals surface area contributed by atoms with Crippen molar-refractivity contribution >= 4 is 23.8 Å². The molecule has 0 bridgehead atoms. The van der Waals surface area contributed by atoms with Crippen LogP contribution in [0.3, 0.4) is 0 Å². The Morgan fingerprint density at radius 3 is 2.14 bits per heavy atom. The number of rotatable bonds is 6. The highest BCUT2D eigenvalue weighted by Gasteiger charge is 2.20. The zero-order valence-corrected chi connectivity index (χ0v) is 15.5. The summed E-state index contributed by atoms with van der Waals surface area (Å²) >= 11 is 0. The van der Waals surface area contributed by atoms with Gasteiger partial charge in [0.25, 0.3) is 11.8 Å². The number of hydrogen-bond acceptors (Lipinski definition) is 5. The number of hydrogen-bond donors (Lipinski definition) is 3. The molecule has 2 aromatic rings. The van der Waals surface area contributed by atoms with Crippen LogP contribution in [0.25, 0.3) is 11.1 Å². The van der Waals surface area contributed by atoms with E-state index < -0.39 is 36.5 Å². The molecule has 4 amide bonds. The predicted molar refractivity (Wildman–Crippen MR) is 102 cm³/mol. The van der Waals surface area contributed by atoms with E-state index in [0.29, 0.717) is 5.56 Å². The van der Waals surface area contributed by atoms with Gasteiger partial charge in [-0.05, 0) is 30.2 Å². The standard InChI is InChI=1S/C20H21N3O5/c1-13(18(25)23-20(27)21-2)28-17(24)12-22-19(26)16-10-8-15(9-11-16)14-6-4-3-5-7-14/h3-11,13H,12H2,1-2H3,(H,22,26)(H2,21,23,25,27)/t13-/m1/s1. The van der Waals surface area contributed by atoms with Gasteiger partial charge in [-0.15, -0.1) is 0 Å². The molecule has 0 aliphatic heterocycles. The molecule has 0 aromatic heterocycles. The second-order valence-electron chi connectivity index (χ2n) is 5.83.